The van der Waals surface area contributed by atoms with Gasteiger partial charge < -0.3 is 0 Å². The number of hydrogen-bond acceptors (Lipinski definition) is 2. The van der Waals surface area contributed by atoms with Gasteiger partial charge in [-0.3, -0.25) is 9.58 Å². The molecule has 2 aliphatic rings. The third-order valence-electron chi connectivity index (χ3n) is 5.40. The molecule has 1 aliphatic carbocycles. The number of benzene rings is 1. The fourth-order valence-corrected chi connectivity index (χ4v) is 4.22. The number of aryl methyl sites for hydroxylation is 2. The fourth-order valence-electron chi connectivity index (χ4n) is 4.22. The Morgan fingerprint density at radius 1 is 1.14 bits per heavy atom. The molecule has 4 heteroatoms. The predicted molar refractivity (Wildman–Crippen MR) is 84.2 cm³/mol. The molecule has 0 spiro atoms. The molecule has 1 saturated heterocycles. The predicted octanol–water partition coefficient (Wildman–Crippen LogP) is 3.43. The molecule has 3 nitrogen and oxygen atoms in total. The molecule has 1 fully saturated rings. The van der Waals surface area contributed by atoms with Crippen LogP contribution in [0.5, 0.6) is 0 Å². The summed E-state index contributed by atoms with van der Waals surface area (Å²) in [5.74, 6) is 0.507. The SMILES string of the molecule is Cn1nccc1C1CCN(C2CCc3ccc(F)cc32)CC1. The van der Waals surface area contributed by atoms with Crippen LogP contribution < -0.4 is 0 Å². The Balaban J connectivity index is 1.47. The Labute approximate surface area is 130 Å². The van der Waals surface area contributed by atoms with Gasteiger partial charge in [-0.1, -0.05) is 6.07 Å². The highest BCUT2D eigenvalue weighted by Crippen LogP contribution is 2.39. The van der Waals surface area contributed by atoms with Crippen LogP contribution in [0.25, 0.3) is 0 Å². The number of aromatic nitrogens is 2. The van der Waals surface area contributed by atoms with Gasteiger partial charge in [0.05, 0.1) is 0 Å². The van der Waals surface area contributed by atoms with Crippen molar-refractivity contribution in [2.75, 3.05) is 13.1 Å². The van der Waals surface area contributed by atoms with Gasteiger partial charge in [0.15, 0.2) is 0 Å². The van der Waals surface area contributed by atoms with Crippen molar-refractivity contribution in [1.29, 1.82) is 0 Å². The lowest BCUT2D eigenvalue weighted by Gasteiger charge is -2.36. The van der Waals surface area contributed by atoms with E-state index in [0.717, 1.165) is 25.9 Å². The van der Waals surface area contributed by atoms with E-state index in [1.807, 2.05) is 24.0 Å². The maximum Gasteiger partial charge on any atom is 0.123 e. The maximum absolute atomic E-state index is 13.6. The van der Waals surface area contributed by atoms with Gasteiger partial charge in [0, 0.05) is 30.9 Å². The van der Waals surface area contributed by atoms with Crippen LogP contribution in [0.4, 0.5) is 4.39 Å². The first kappa shape index (κ1) is 13.9. The van der Waals surface area contributed by atoms with Crippen LogP contribution in [0, 0.1) is 5.82 Å². The van der Waals surface area contributed by atoms with Crippen LogP contribution in [-0.2, 0) is 13.5 Å². The summed E-state index contributed by atoms with van der Waals surface area (Å²) in [5, 5.41) is 4.29. The summed E-state index contributed by atoms with van der Waals surface area (Å²) in [7, 11) is 2.03. The number of nitrogens with zero attached hydrogens (tertiary/aromatic N) is 3. The van der Waals surface area contributed by atoms with Crippen molar-refractivity contribution in [3.8, 4) is 0 Å². The Bertz CT molecular complexity index is 671. The summed E-state index contributed by atoms with van der Waals surface area (Å²) in [6, 6.07) is 7.86. The number of rotatable bonds is 2. The first-order valence-electron chi connectivity index (χ1n) is 8.22. The van der Waals surface area contributed by atoms with Gasteiger partial charge in [0.2, 0.25) is 0 Å². The van der Waals surface area contributed by atoms with E-state index in [-0.39, 0.29) is 5.82 Å². The Kier molecular flexibility index (Phi) is 3.49. The molecule has 0 radical (unpaired) electrons. The number of likely N-dealkylation sites (tertiary alicyclic amines) is 1. The van der Waals surface area contributed by atoms with Gasteiger partial charge >= 0.3 is 0 Å². The maximum atomic E-state index is 13.6. The standard InChI is InChI=1S/C18H22FN3/c1-21-17(6-9-20-21)14-7-10-22(11-8-14)18-5-3-13-2-4-15(19)12-16(13)18/h2,4,6,9,12,14,18H,3,5,7-8,10-11H2,1H3. The largest absolute Gasteiger partial charge is 0.296 e. The van der Waals surface area contributed by atoms with Crippen LogP contribution in [0.15, 0.2) is 30.5 Å². The molecule has 0 saturated carbocycles. The van der Waals surface area contributed by atoms with E-state index in [9.17, 15) is 4.39 Å². The third-order valence-corrected chi connectivity index (χ3v) is 5.40. The molecule has 1 aromatic heterocycles. The number of hydrogen-bond donors (Lipinski definition) is 0. The normalized spacial score (nSPS) is 22.9. The third kappa shape index (κ3) is 2.35. The molecule has 1 aliphatic heterocycles. The Morgan fingerprint density at radius 3 is 2.68 bits per heavy atom. The van der Waals surface area contributed by atoms with Gasteiger partial charge in [-0.25, -0.2) is 4.39 Å². The van der Waals surface area contributed by atoms with Crippen LogP contribution in [0.2, 0.25) is 0 Å². The smallest absolute Gasteiger partial charge is 0.123 e. The quantitative estimate of drug-likeness (QED) is 0.847. The minimum atomic E-state index is -0.101. The summed E-state index contributed by atoms with van der Waals surface area (Å²) >= 11 is 0. The first-order valence-corrected chi connectivity index (χ1v) is 8.22. The molecule has 22 heavy (non-hydrogen) atoms. The number of halogens is 1. The van der Waals surface area contributed by atoms with Crippen LogP contribution in [0.1, 0.15) is 48.0 Å². The van der Waals surface area contributed by atoms with E-state index < -0.39 is 0 Å². The second-order valence-corrected chi connectivity index (χ2v) is 6.59. The monoisotopic (exact) mass is 299 g/mol. The molecule has 0 N–H and O–H groups in total. The van der Waals surface area contributed by atoms with Crippen LogP contribution in [0.3, 0.4) is 0 Å². The zero-order chi connectivity index (χ0) is 15.1. The van der Waals surface area contributed by atoms with Gasteiger partial charge in [-0.2, -0.15) is 5.10 Å². The zero-order valence-corrected chi connectivity index (χ0v) is 13.0. The summed E-state index contributed by atoms with van der Waals surface area (Å²) < 4.78 is 15.6. The molecular weight excluding hydrogens is 277 g/mol. The number of piperidine rings is 1. The minimum Gasteiger partial charge on any atom is -0.296 e. The molecule has 116 valence electrons. The lowest BCUT2D eigenvalue weighted by Crippen LogP contribution is -2.35. The van der Waals surface area contributed by atoms with Gasteiger partial charge in [-0.15, -0.1) is 0 Å². The second kappa shape index (κ2) is 5.51. The first-order chi connectivity index (χ1) is 10.7. The van der Waals surface area contributed by atoms with Crippen molar-refractivity contribution >= 4 is 0 Å². The van der Waals surface area contributed by atoms with E-state index >= 15 is 0 Å². The molecule has 0 bridgehead atoms. The van der Waals surface area contributed by atoms with Gasteiger partial charge in [-0.05, 0) is 68.1 Å². The summed E-state index contributed by atoms with van der Waals surface area (Å²) in [5.41, 5.74) is 3.90. The molecule has 2 heterocycles. The lowest BCUT2D eigenvalue weighted by molar-refractivity contribution is 0.149. The summed E-state index contributed by atoms with van der Waals surface area (Å²) in [6.45, 7) is 2.19. The highest BCUT2D eigenvalue weighted by molar-refractivity contribution is 5.35. The zero-order valence-electron chi connectivity index (χ0n) is 13.0. The molecule has 1 unspecified atom stereocenters. The van der Waals surface area contributed by atoms with Crippen molar-refractivity contribution in [3.63, 3.8) is 0 Å². The fraction of sp³-hybridized carbons (Fsp3) is 0.500. The summed E-state index contributed by atoms with van der Waals surface area (Å²) in [4.78, 5) is 2.55. The average Bonchev–Trinajstić information content (AvgIpc) is 3.13. The van der Waals surface area contributed by atoms with E-state index in [1.165, 1.54) is 29.7 Å². The molecule has 1 aromatic carbocycles. The topological polar surface area (TPSA) is 21.1 Å². The highest BCUT2D eigenvalue weighted by atomic mass is 19.1. The Morgan fingerprint density at radius 2 is 1.95 bits per heavy atom. The molecular formula is C18H22FN3. The van der Waals surface area contributed by atoms with Crippen LogP contribution in [-0.4, -0.2) is 27.8 Å². The molecule has 1 atom stereocenters. The van der Waals surface area contributed by atoms with Crippen molar-refractivity contribution in [2.24, 2.45) is 7.05 Å². The van der Waals surface area contributed by atoms with E-state index in [2.05, 4.69) is 16.1 Å². The van der Waals surface area contributed by atoms with Crippen LogP contribution >= 0.6 is 0 Å². The average molecular weight is 299 g/mol. The molecule has 4 rings (SSSR count). The van der Waals surface area contributed by atoms with Crippen molar-refractivity contribution in [1.82, 2.24) is 14.7 Å². The molecule has 2 aromatic rings. The van der Waals surface area contributed by atoms with Gasteiger partial charge in [0.25, 0.3) is 0 Å². The highest BCUT2D eigenvalue weighted by Gasteiger charge is 2.31. The molecule has 0 amide bonds. The van der Waals surface area contributed by atoms with Crippen molar-refractivity contribution < 1.29 is 4.39 Å². The van der Waals surface area contributed by atoms with Crippen molar-refractivity contribution in [3.05, 3.63) is 53.1 Å². The lowest BCUT2D eigenvalue weighted by atomic mass is 9.92. The van der Waals surface area contributed by atoms with Crippen molar-refractivity contribution in [2.45, 2.75) is 37.6 Å². The minimum absolute atomic E-state index is 0.101. The second-order valence-electron chi connectivity index (χ2n) is 6.59. The van der Waals surface area contributed by atoms with E-state index in [0.29, 0.717) is 12.0 Å². The summed E-state index contributed by atoms with van der Waals surface area (Å²) in [6.07, 6.45) is 6.44. The van der Waals surface area contributed by atoms with E-state index in [1.54, 1.807) is 12.1 Å². The Hall–Kier alpha value is -1.68. The van der Waals surface area contributed by atoms with E-state index in [4.69, 9.17) is 0 Å². The number of fused-ring (bicyclic) bond motifs is 1. The van der Waals surface area contributed by atoms with Gasteiger partial charge in [0.1, 0.15) is 5.82 Å².